The summed E-state index contributed by atoms with van der Waals surface area (Å²) in [6.07, 6.45) is 0. The van der Waals surface area contributed by atoms with E-state index in [1.54, 1.807) is 0 Å². The van der Waals surface area contributed by atoms with Crippen LogP contribution in [0.3, 0.4) is 0 Å². The van der Waals surface area contributed by atoms with Crippen LogP contribution in [0.15, 0.2) is 42.5 Å². The Morgan fingerprint density at radius 3 is 2.47 bits per heavy atom. The average Bonchev–Trinajstić information content (AvgIpc) is 2.34. The normalized spacial score (nSPS) is 10.5. The van der Waals surface area contributed by atoms with Gasteiger partial charge in [-0.25, -0.2) is 0 Å². The van der Waals surface area contributed by atoms with Crippen molar-refractivity contribution in [2.75, 3.05) is 7.05 Å². The van der Waals surface area contributed by atoms with Gasteiger partial charge in [0, 0.05) is 6.54 Å². The molecule has 1 heteroatoms. The second kappa shape index (κ2) is 5.15. The third-order valence-electron chi connectivity index (χ3n) is 3.07. The highest BCUT2D eigenvalue weighted by Gasteiger charge is 2.06. The molecule has 0 aliphatic rings. The van der Waals surface area contributed by atoms with Crippen LogP contribution in [0.4, 0.5) is 0 Å². The summed E-state index contributed by atoms with van der Waals surface area (Å²) in [6.45, 7) is 5.22. The van der Waals surface area contributed by atoms with Crippen LogP contribution < -0.4 is 5.32 Å². The van der Waals surface area contributed by atoms with Crippen molar-refractivity contribution in [2.24, 2.45) is 0 Å². The van der Waals surface area contributed by atoms with E-state index in [2.05, 4.69) is 61.6 Å². The average molecular weight is 225 g/mol. The molecule has 17 heavy (non-hydrogen) atoms. The fourth-order valence-electron chi connectivity index (χ4n) is 2.15. The fraction of sp³-hybridized carbons (Fsp3) is 0.250. The second-order valence-corrected chi connectivity index (χ2v) is 4.51. The maximum absolute atomic E-state index is 3.23. The Kier molecular flexibility index (Phi) is 3.60. The molecule has 0 saturated heterocycles. The maximum atomic E-state index is 3.23. The van der Waals surface area contributed by atoms with Crippen LogP contribution in [-0.2, 0) is 6.54 Å². The molecule has 88 valence electrons. The van der Waals surface area contributed by atoms with Crippen LogP contribution in [0.1, 0.15) is 16.7 Å². The van der Waals surface area contributed by atoms with Crippen LogP contribution in [0.2, 0.25) is 0 Å². The summed E-state index contributed by atoms with van der Waals surface area (Å²) in [5.41, 5.74) is 6.67. The lowest BCUT2D eigenvalue weighted by atomic mass is 9.94. The van der Waals surface area contributed by atoms with E-state index in [9.17, 15) is 0 Å². The zero-order valence-electron chi connectivity index (χ0n) is 10.7. The van der Waals surface area contributed by atoms with Crippen molar-refractivity contribution in [1.29, 1.82) is 0 Å². The molecule has 0 radical (unpaired) electrons. The molecule has 0 saturated carbocycles. The summed E-state index contributed by atoms with van der Waals surface area (Å²) in [6, 6.07) is 15.2. The largest absolute Gasteiger partial charge is 0.316 e. The summed E-state index contributed by atoms with van der Waals surface area (Å²) in [7, 11) is 1.99. The molecule has 0 spiro atoms. The topological polar surface area (TPSA) is 12.0 Å². The van der Waals surface area contributed by atoms with Crippen molar-refractivity contribution in [3.8, 4) is 11.1 Å². The lowest BCUT2D eigenvalue weighted by Crippen LogP contribution is -2.06. The minimum absolute atomic E-state index is 0.906. The fourth-order valence-corrected chi connectivity index (χ4v) is 2.15. The van der Waals surface area contributed by atoms with Crippen molar-refractivity contribution in [3.63, 3.8) is 0 Å². The Bertz CT molecular complexity index is 515. The van der Waals surface area contributed by atoms with E-state index in [0.717, 1.165) is 6.54 Å². The van der Waals surface area contributed by atoms with Crippen LogP contribution in [0.5, 0.6) is 0 Å². The van der Waals surface area contributed by atoms with Gasteiger partial charge in [0.15, 0.2) is 0 Å². The molecule has 0 aliphatic heterocycles. The highest BCUT2D eigenvalue weighted by molar-refractivity contribution is 5.71. The Hall–Kier alpha value is -1.60. The molecule has 1 N–H and O–H groups in total. The maximum Gasteiger partial charge on any atom is 0.0208 e. The molecule has 0 aromatic heterocycles. The number of nitrogens with one attached hydrogen (secondary N) is 1. The first-order valence-corrected chi connectivity index (χ1v) is 6.02. The first-order valence-electron chi connectivity index (χ1n) is 6.02. The number of aryl methyl sites for hydroxylation is 2. The highest BCUT2D eigenvalue weighted by atomic mass is 14.8. The minimum atomic E-state index is 0.906. The van der Waals surface area contributed by atoms with Gasteiger partial charge < -0.3 is 5.32 Å². The van der Waals surface area contributed by atoms with Gasteiger partial charge in [-0.3, -0.25) is 0 Å². The Morgan fingerprint density at radius 1 is 0.941 bits per heavy atom. The molecule has 2 rings (SSSR count). The predicted molar refractivity (Wildman–Crippen MR) is 74.1 cm³/mol. The number of rotatable bonds is 3. The van der Waals surface area contributed by atoms with Crippen LogP contribution >= 0.6 is 0 Å². The quantitative estimate of drug-likeness (QED) is 0.840. The van der Waals surface area contributed by atoms with E-state index >= 15 is 0 Å². The molecular weight excluding hydrogens is 206 g/mol. The molecule has 0 unspecified atom stereocenters. The smallest absolute Gasteiger partial charge is 0.0208 e. The monoisotopic (exact) mass is 225 g/mol. The van der Waals surface area contributed by atoms with E-state index in [1.165, 1.54) is 27.8 Å². The SMILES string of the molecule is CNCc1ccccc1-c1cc(C)ccc1C. The molecule has 0 bridgehead atoms. The molecule has 2 aromatic rings. The summed E-state index contributed by atoms with van der Waals surface area (Å²) in [5.74, 6) is 0. The zero-order chi connectivity index (χ0) is 12.3. The molecule has 0 fully saturated rings. The standard InChI is InChI=1S/C16H19N/c1-12-8-9-13(2)16(10-12)15-7-5-4-6-14(15)11-17-3/h4-10,17H,11H2,1-3H3. The van der Waals surface area contributed by atoms with Gasteiger partial charge in [0.2, 0.25) is 0 Å². The van der Waals surface area contributed by atoms with Crippen LogP contribution in [0, 0.1) is 13.8 Å². The molecule has 1 nitrogen and oxygen atoms in total. The van der Waals surface area contributed by atoms with Gasteiger partial charge in [-0.05, 0) is 43.1 Å². The van der Waals surface area contributed by atoms with Gasteiger partial charge in [0.25, 0.3) is 0 Å². The molecule has 2 aromatic carbocycles. The number of hydrogen-bond donors (Lipinski definition) is 1. The Balaban J connectivity index is 2.55. The van der Waals surface area contributed by atoms with Crippen molar-refractivity contribution in [3.05, 3.63) is 59.2 Å². The zero-order valence-corrected chi connectivity index (χ0v) is 10.7. The third-order valence-corrected chi connectivity index (χ3v) is 3.07. The van der Waals surface area contributed by atoms with Gasteiger partial charge in [0.1, 0.15) is 0 Å². The van der Waals surface area contributed by atoms with Gasteiger partial charge in [-0.15, -0.1) is 0 Å². The van der Waals surface area contributed by atoms with E-state index in [1.807, 2.05) is 7.05 Å². The van der Waals surface area contributed by atoms with Crippen molar-refractivity contribution < 1.29 is 0 Å². The van der Waals surface area contributed by atoms with Gasteiger partial charge in [-0.1, -0.05) is 48.0 Å². The molecule has 0 atom stereocenters. The van der Waals surface area contributed by atoms with Crippen molar-refractivity contribution in [1.82, 2.24) is 5.32 Å². The molecule has 0 aliphatic carbocycles. The van der Waals surface area contributed by atoms with Crippen molar-refractivity contribution in [2.45, 2.75) is 20.4 Å². The lowest BCUT2D eigenvalue weighted by molar-refractivity contribution is 0.819. The minimum Gasteiger partial charge on any atom is -0.316 e. The summed E-state index contributed by atoms with van der Waals surface area (Å²) < 4.78 is 0. The first kappa shape index (κ1) is 11.9. The summed E-state index contributed by atoms with van der Waals surface area (Å²) >= 11 is 0. The summed E-state index contributed by atoms with van der Waals surface area (Å²) in [5, 5.41) is 3.23. The van der Waals surface area contributed by atoms with Crippen LogP contribution in [-0.4, -0.2) is 7.05 Å². The van der Waals surface area contributed by atoms with E-state index in [4.69, 9.17) is 0 Å². The first-order chi connectivity index (χ1) is 8.22. The van der Waals surface area contributed by atoms with E-state index < -0.39 is 0 Å². The number of benzene rings is 2. The Morgan fingerprint density at radius 2 is 1.71 bits per heavy atom. The predicted octanol–water partition coefficient (Wildman–Crippen LogP) is 3.69. The van der Waals surface area contributed by atoms with E-state index in [0.29, 0.717) is 0 Å². The van der Waals surface area contributed by atoms with Gasteiger partial charge in [0.05, 0.1) is 0 Å². The Labute approximate surface area is 103 Å². The lowest BCUT2D eigenvalue weighted by Gasteiger charge is -2.12. The molecule has 0 amide bonds. The number of hydrogen-bond acceptors (Lipinski definition) is 1. The van der Waals surface area contributed by atoms with Gasteiger partial charge in [-0.2, -0.15) is 0 Å². The van der Waals surface area contributed by atoms with Gasteiger partial charge >= 0.3 is 0 Å². The second-order valence-electron chi connectivity index (χ2n) is 4.51. The third kappa shape index (κ3) is 2.56. The highest BCUT2D eigenvalue weighted by Crippen LogP contribution is 2.27. The summed E-state index contributed by atoms with van der Waals surface area (Å²) in [4.78, 5) is 0. The molecular formula is C16H19N. The van der Waals surface area contributed by atoms with Crippen molar-refractivity contribution >= 4 is 0 Å². The molecule has 0 heterocycles. The van der Waals surface area contributed by atoms with E-state index in [-0.39, 0.29) is 0 Å². The van der Waals surface area contributed by atoms with Crippen LogP contribution in [0.25, 0.3) is 11.1 Å².